The van der Waals surface area contributed by atoms with E-state index in [9.17, 15) is 0 Å². The molecule has 70 valence electrons. The average Bonchev–Trinajstić information content (AvgIpc) is 2.57. The largest absolute Gasteiger partial charge is 0.289 e. The van der Waals surface area contributed by atoms with Crippen LogP contribution in [0.1, 0.15) is 52.9 Å². The molecule has 1 saturated heterocycles. The summed E-state index contributed by atoms with van der Waals surface area (Å²) in [5.74, 6) is 0. The molecule has 1 unspecified atom stereocenters. The molecule has 0 aromatic carbocycles. The lowest BCUT2D eigenvalue weighted by Crippen LogP contribution is -2.25. The molecule has 1 aliphatic carbocycles. The quantitative estimate of drug-likeness (QED) is 0.543. The van der Waals surface area contributed by atoms with E-state index in [1.165, 1.54) is 32.1 Å². The fourth-order valence-electron chi connectivity index (χ4n) is 3.36. The van der Waals surface area contributed by atoms with Crippen LogP contribution in [0.25, 0.3) is 0 Å². The molecule has 1 heterocycles. The van der Waals surface area contributed by atoms with Crippen molar-refractivity contribution in [2.75, 3.05) is 0 Å². The Labute approximate surface area is 76.1 Å². The van der Waals surface area contributed by atoms with E-state index < -0.39 is 0 Å². The van der Waals surface area contributed by atoms with Crippen LogP contribution in [0.4, 0.5) is 0 Å². The van der Waals surface area contributed by atoms with E-state index in [1.807, 2.05) is 0 Å². The van der Waals surface area contributed by atoms with Crippen molar-refractivity contribution in [2.24, 2.45) is 0 Å². The first kappa shape index (κ1) is 8.55. The summed E-state index contributed by atoms with van der Waals surface area (Å²) in [5, 5.41) is 0. The van der Waals surface area contributed by atoms with Crippen LogP contribution in [0, 0.1) is 0 Å². The fraction of sp³-hybridized carbons (Fsp3) is 1.00. The first-order valence-corrected chi connectivity index (χ1v) is 5.47. The maximum Gasteiger partial charge on any atom is 0.0368 e. The van der Waals surface area contributed by atoms with Crippen LogP contribution in [0.15, 0.2) is 0 Å². The van der Waals surface area contributed by atoms with Gasteiger partial charge in [0, 0.05) is 17.6 Å². The molecular formula is C11H21N. The van der Waals surface area contributed by atoms with Crippen LogP contribution in [-0.4, -0.2) is 22.5 Å². The lowest BCUT2D eigenvalue weighted by molar-refractivity contribution is 0.278. The summed E-state index contributed by atoms with van der Waals surface area (Å²) >= 11 is 0. The Hall–Kier alpha value is -0.0400. The van der Waals surface area contributed by atoms with Gasteiger partial charge in [0.05, 0.1) is 0 Å². The van der Waals surface area contributed by atoms with Crippen molar-refractivity contribution >= 4 is 0 Å². The normalized spacial score (nSPS) is 39.0. The Balaban J connectivity index is 2.03. The summed E-state index contributed by atoms with van der Waals surface area (Å²) in [5.41, 5.74) is 0.659. The average molecular weight is 167 g/mol. The van der Waals surface area contributed by atoms with Crippen molar-refractivity contribution in [3.63, 3.8) is 0 Å². The summed E-state index contributed by atoms with van der Waals surface area (Å²) in [6.45, 7) is 7.07. The van der Waals surface area contributed by atoms with Gasteiger partial charge in [-0.1, -0.05) is 19.3 Å². The predicted octanol–water partition coefficient (Wildman–Crippen LogP) is 2.80. The fourth-order valence-corrected chi connectivity index (χ4v) is 3.36. The van der Waals surface area contributed by atoms with Gasteiger partial charge in [-0.15, -0.1) is 0 Å². The number of hydrogen-bond acceptors (Lipinski definition) is 1. The van der Waals surface area contributed by atoms with Crippen molar-refractivity contribution < 1.29 is 0 Å². The molecule has 12 heavy (non-hydrogen) atoms. The maximum atomic E-state index is 2.71. The molecule has 2 fully saturated rings. The molecule has 0 aromatic heterocycles. The summed E-state index contributed by atoms with van der Waals surface area (Å²) < 4.78 is 0. The molecule has 0 aromatic rings. The van der Waals surface area contributed by atoms with E-state index in [1.54, 1.807) is 0 Å². The van der Waals surface area contributed by atoms with Crippen LogP contribution in [-0.2, 0) is 0 Å². The number of rotatable bonds is 1. The van der Waals surface area contributed by atoms with Gasteiger partial charge in [0.1, 0.15) is 0 Å². The van der Waals surface area contributed by atoms with Crippen molar-refractivity contribution in [1.29, 1.82) is 0 Å². The van der Waals surface area contributed by atoms with Crippen LogP contribution < -0.4 is 0 Å². The van der Waals surface area contributed by atoms with E-state index in [0.29, 0.717) is 5.54 Å². The predicted molar refractivity (Wildman–Crippen MR) is 52.3 cm³/mol. The summed E-state index contributed by atoms with van der Waals surface area (Å²) in [7, 11) is 0. The molecule has 0 N–H and O–H groups in total. The van der Waals surface area contributed by atoms with Crippen LogP contribution in [0.2, 0.25) is 0 Å². The maximum absolute atomic E-state index is 2.71. The van der Waals surface area contributed by atoms with Gasteiger partial charge in [-0.2, -0.15) is 0 Å². The summed E-state index contributed by atoms with van der Waals surface area (Å²) in [4.78, 5) is 2.71. The minimum Gasteiger partial charge on any atom is -0.289 e. The first-order chi connectivity index (χ1) is 5.68. The molecule has 1 aliphatic heterocycles. The third-order valence-electron chi connectivity index (χ3n) is 3.92. The monoisotopic (exact) mass is 167 g/mol. The Kier molecular flexibility index (Phi) is 1.95. The van der Waals surface area contributed by atoms with Gasteiger partial charge >= 0.3 is 0 Å². The van der Waals surface area contributed by atoms with Crippen LogP contribution >= 0.6 is 0 Å². The highest BCUT2D eigenvalue weighted by Gasteiger charge is 2.59. The summed E-state index contributed by atoms with van der Waals surface area (Å²) in [6.07, 6.45) is 7.33. The lowest BCUT2D eigenvalue weighted by Gasteiger charge is -2.24. The van der Waals surface area contributed by atoms with Crippen LogP contribution in [0.5, 0.6) is 0 Å². The molecule has 0 bridgehead atoms. The molecule has 1 heteroatoms. The Bertz CT molecular complexity index is 168. The second-order valence-electron chi connectivity index (χ2n) is 4.84. The van der Waals surface area contributed by atoms with Gasteiger partial charge in [0.25, 0.3) is 0 Å². The molecule has 2 rings (SSSR count). The third kappa shape index (κ3) is 1.02. The van der Waals surface area contributed by atoms with Gasteiger partial charge in [-0.3, -0.25) is 4.90 Å². The lowest BCUT2D eigenvalue weighted by atomic mass is 9.86. The highest BCUT2D eigenvalue weighted by atomic mass is 15.4. The van der Waals surface area contributed by atoms with Crippen molar-refractivity contribution in [3.05, 3.63) is 0 Å². The number of hydrogen-bond donors (Lipinski definition) is 0. The van der Waals surface area contributed by atoms with Crippen molar-refractivity contribution in [2.45, 2.75) is 70.5 Å². The van der Waals surface area contributed by atoms with Gasteiger partial charge in [-0.25, -0.2) is 0 Å². The second-order valence-corrected chi connectivity index (χ2v) is 4.84. The number of nitrogens with zero attached hydrogens (tertiary/aromatic N) is 1. The molecule has 0 amide bonds. The zero-order valence-corrected chi connectivity index (χ0v) is 8.64. The smallest absolute Gasteiger partial charge is 0.0368 e. The van der Waals surface area contributed by atoms with Gasteiger partial charge < -0.3 is 0 Å². The highest BCUT2D eigenvalue weighted by molar-refractivity contribution is 5.16. The van der Waals surface area contributed by atoms with Crippen LogP contribution in [0.3, 0.4) is 0 Å². The van der Waals surface area contributed by atoms with Gasteiger partial charge in [0.2, 0.25) is 0 Å². The minimum atomic E-state index is 0.659. The molecule has 1 saturated carbocycles. The van der Waals surface area contributed by atoms with Gasteiger partial charge in [-0.05, 0) is 33.6 Å². The Morgan fingerprint density at radius 1 is 1.17 bits per heavy atom. The molecule has 1 spiro atoms. The standard InChI is InChI=1S/C11H21N/c1-9(2)12-10(3)11(12)7-5-4-6-8-11/h9-10H,4-8H2,1-3H3/t10-,12?/m0/s1. The highest BCUT2D eigenvalue weighted by Crippen LogP contribution is 2.52. The summed E-state index contributed by atoms with van der Waals surface area (Å²) in [6, 6.07) is 1.64. The third-order valence-corrected chi connectivity index (χ3v) is 3.92. The molecule has 0 radical (unpaired) electrons. The van der Waals surface area contributed by atoms with E-state index in [4.69, 9.17) is 0 Å². The SMILES string of the molecule is CC(C)N1[C@@H](C)C12CCCCC2. The van der Waals surface area contributed by atoms with E-state index in [-0.39, 0.29) is 0 Å². The van der Waals surface area contributed by atoms with Crippen molar-refractivity contribution in [1.82, 2.24) is 4.90 Å². The zero-order valence-electron chi connectivity index (χ0n) is 8.64. The van der Waals surface area contributed by atoms with E-state index >= 15 is 0 Å². The second kappa shape index (κ2) is 2.73. The van der Waals surface area contributed by atoms with Crippen molar-refractivity contribution in [3.8, 4) is 0 Å². The molecular weight excluding hydrogens is 146 g/mol. The minimum absolute atomic E-state index is 0.659. The first-order valence-electron chi connectivity index (χ1n) is 5.47. The Morgan fingerprint density at radius 2 is 1.75 bits per heavy atom. The molecule has 2 aliphatic rings. The van der Waals surface area contributed by atoms with E-state index in [2.05, 4.69) is 25.7 Å². The topological polar surface area (TPSA) is 3.01 Å². The molecule has 2 atom stereocenters. The Morgan fingerprint density at radius 3 is 2.17 bits per heavy atom. The van der Waals surface area contributed by atoms with E-state index in [0.717, 1.165) is 12.1 Å². The van der Waals surface area contributed by atoms with Gasteiger partial charge in [0.15, 0.2) is 0 Å². The molecule has 1 nitrogen and oxygen atoms in total. The zero-order chi connectivity index (χ0) is 8.77.